The average molecular weight is 317 g/mol. The summed E-state index contributed by atoms with van der Waals surface area (Å²) in [6, 6.07) is 19.1. The Labute approximate surface area is 141 Å². The molecule has 0 bridgehead atoms. The predicted molar refractivity (Wildman–Crippen MR) is 93.6 cm³/mol. The summed E-state index contributed by atoms with van der Waals surface area (Å²) in [5.41, 5.74) is 3.39. The smallest absolute Gasteiger partial charge is 0.246 e. The molecule has 2 aromatic rings. The van der Waals surface area contributed by atoms with Crippen LogP contribution in [0.5, 0.6) is 0 Å². The van der Waals surface area contributed by atoms with E-state index in [4.69, 9.17) is 0 Å². The number of benzene rings is 2. The van der Waals surface area contributed by atoms with Crippen molar-refractivity contribution >= 4 is 17.4 Å². The van der Waals surface area contributed by atoms with Gasteiger partial charge in [0.25, 0.3) is 0 Å². The summed E-state index contributed by atoms with van der Waals surface area (Å²) >= 11 is 0. The molecular formula is C21H19NO2. The predicted octanol–water partition coefficient (Wildman–Crippen LogP) is 4.21. The van der Waals surface area contributed by atoms with Crippen molar-refractivity contribution in [2.75, 3.05) is 4.90 Å². The van der Waals surface area contributed by atoms with Gasteiger partial charge in [0.05, 0.1) is 0 Å². The summed E-state index contributed by atoms with van der Waals surface area (Å²) in [5.74, 6) is -0.852. The first kappa shape index (κ1) is 14.9. The number of amides is 1. The number of nitrogens with zero attached hydrogens (tertiary/aromatic N) is 1. The van der Waals surface area contributed by atoms with E-state index in [-0.39, 0.29) is 11.7 Å². The molecule has 1 aliphatic heterocycles. The zero-order valence-electron chi connectivity index (χ0n) is 13.4. The summed E-state index contributed by atoms with van der Waals surface area (Å²) in [6.45, 7) is 0. The van der Waals surface area contributed by atoms with Crippen LogP contribution < -0.4 is 4.90 Å². The molecule has 1 atom stereocenters. The van der Waals surface area contributed by atoms with E-state index in [2.05, 4.69) is 0 Å². The van der Waals surface area contributed by atoms with Gasteiger partial charge in [0, 0.05) is 17.0 Å². The molecule has 1 heterocycles. The van der Waals surface area contributed by atoms with Crippen LogP contribution in [-0.4, -0.2) is 11.7 Å². The normalized spacial score (nSPS) is 21.0. The molecule has 0 radical (unpaired) electrons. The molecule has 1 amide bonds. The maximum atomic E-state index is 13.3. The minimum Gasteiger partial charge on any atom is -0.293 e. The molecular weight excluding hydrogens is 298 g/mol. The van der Waals surface area contributed by atoms with Crippen LogP contribution >= 0.6 is 0 Å². The Hall–Kier alpha value is -2.68. The summed E-state index contributed by atoms with van der Waals surface area (Å²) in [6.07, 6.45) is 3.61. The molecule has 0 saturated carbocycles. The number of hydrogen-bond acceptors (Lipinski definition) is 2. The van der Waals surface area contributed by atoms with Crippen molar-refractivity contribution in [3.05, 3.63) is 77.5 Å². The number of Topliss-reactive ketones (excluding diaryl/α,β-unsaturated/α-hetero) is 1. The lowest BCUT2D eigenvalue weighted by molar-refractivity contribution is -0.128. The molecule has 1 aliphatic carbocycles. The van der Waals surface area contributed by atoms with Crippen LogP contribution in [0, 0.1) is 0 Å². The average Bonchev–Trinajstić information content (AvgIpc) is 2.64. The zero-order valence-corrected chi connectivity index (χ0v) is 13.4. The first-order valence-electron chi connectivity index (χ1n) is 8.47. The van der Waals surface area contributed by atoms with Gasteiger partial charge in [0.15, 0.2) is 5.78 Å². The molecule has 0 aromatic heterocycles. The molecule has 2 aromatic carbocycles. The zero-order chi connectivity index (χ0) is 16.5. The van der Waals surface area contributed by atoms with E-state index in [1.165, 1.54) is 0 Å². The highest BCUT2D eigenvalue weighted by molar-refractivity contribution is 6.23. The van der Waals surface area contributed by atoms with Crippen LogP contribution in [-0.2, 0) is 9.59 Å². The Morgan fingerprint density at radius 2 is 1.42 bits per heavy atom. The van der Waals surface area contributed by atoms with Crippen LogP contribution in [0.4, 0.5) is 5.69 Å². The van der Waals surface area contributed by atoms with Crippen LogP contribution in [0.1, 0.15) is 37.2 Å². The van der Waals surface area contributed by atoms with Gasteiger partial charge in [-0.05, 0) is 43.4 Å². The summed E-state index contributed by atoms with van der Waals surface area (Å²) < 4.78 is 0. The first-order chi connectivity index (χ1) is 11.8. The molecule has 2 aliphatic rings. The molecule has 0 fully saturated rings. The van der Waals surface area contributed by atoms with Gasteiger partial charge in [-0.1, -0.05) is 48.5 Å². The van der Waals surface area contributed by atoms with Crippen LogP contribution in [0.3, 0.4) is 0 Å². The number of hydrogen-bond donors (Lipinski definition) is 0. The van der Waals surface area contributed by atoms with E-state index in [1.54, 1.807) is 4.90 Å². The number of rotatable bonds is 2. The second-order valence-corrected chi connectivity index (χ2v) is 6.35. The monoisotopic (exact) mass is 317 g/mol. The molecule has 0 spiro atoms. The van der Waals surface area contributed by atoms with Gasteiger partial charge in [-0.3, -0.25) is 14.5 Å². The largest absolute Gasteiger partial charge is 0.293 e. The SMILES string of the molecule is O=C1C2=C(CCCC2)N(c2ccccc2)C(=O)C1c1ccccc1. The summed E-state index contributed by atoms with van der Waals surface area (Å²) in [4.78, 5) is 28.1. The highest BCUT2D eigenvalue weighted by Gasteiger charge is 2.42. The van der Waals surface area contributed by atoms with E-state index in [1.807, 2.05) is 60.7 Å². The number of ketones is 1. The molecule has 3 heteroatoms. The van der Waals surface area contributed by atoms with E-state index in [9.17, 15) is 9.59 Å². The standard InChI is InChI=1S/C21H19NO2/c23-20-17-13-7-8-14-18(17)22(16-11-5-2-6-12-16)21(24)19(20)15-9-3-1-4-10-15/h1-6,9-12,19H,7-8,13-14H2. The Morgan fingerprint density at radius 1 is 0.792 bits per heavy atom. The molecule has 4 rings (SSSR count). The van der Waals surface area contributed by atoms with E-state index in [0.29, 0.717) is 0 Å². The quantitative estimate of drug-likeness (QED) is 0.778. The summed E-state index contributed by atoms with van der Waals surface area (Å²) in [7, 11) is 0. The fourth-order valence-corrected chi connectivity index (χ4v) is 3.75. The molecule has 24 heavy (non-hydrogen) atoms. The van der Waals surface area contributed by atoms with Gasteiger partial charge in [-0.25, -0.2) is 0 Å². The maximum Gasteiger partial charge on any atom is 0.246 e. The van der Waals surface area contributed by atoms with Gasteiger partial charge in [0.2, 0.25) is 5.91 Å². The van der Waals surface area contributed by atoms with Crippen molar-refractivity contribution in [3.63, 3.8) is 0 Å². The highest BCUT2D eigenvalue weighted by atomic mass is 16.2. The Balaban J connectivity index is 1.87. The molecule has 1 unspecified atom stereocenters. The summed E-state index contributed by atoms with van der Waals surface area (Å²) in [5, 5.41) is 0. The second-order valence-electron chi connectivity index (χ2n) is 6.35. The van der Waals surface area contributed by atoms with Crippen molar-refractivity contribution in [2.24, 2.45) is 0 Å². The third-order valence-electron chi connectivity index (χ3n) is 4.88. The van der Waals surface area contributed by atoms with Gasteiger partial charge < -0.3 is 0 Å². The van der Waals surface area contributed by atoms with E-state index >= 15 is 0 Å². The third-order valence-corrected chi connectivity index (χ3v) is 4.88. The minimum atomic E-state index is -0.719. The van der Waals surface area contributed by atoms with Crippen molar-refractivity contribution in [1.29, 1.82) is 0 Å². The van der Waals surface area contributed by atoms with Gasteiger partial charge in [-0.2, -0.15) is 0 Å². The molecule has 0 N–H and O–H groups in total. The lowest BCUT2D eigenvalue weighted by Crippen LogP contribution is -2.44. The number of para-hydroxylation sites is 1. The fourth-order valence-electron chi connectivity index (χ4n) is 3.75. The Morgan fingerprint density at radius 3 is 2.12 bits per heavy atom. The Bertz CT molecular complexity index is 808. The molecule has 0 saturated heterocycles. The number of carbonyl (C=O) groups excluding carboxylic acids is 2. The van der Waals surface area contributed by atoms with Crippen molar-refractivity contribution in [1.82, 2.24) is 0 Å². The van der Waals surface area contributed by atoms with E-state index < -0.39 is 5.92 Å². The third kappa shape index (κ3) is 2.37. The van der Waals surface area contributed by atoms with Gasteiger partial charge in [0.1, 0.15) is 5.92 Å². The van der Waals surface area contributed by atoms with Crippen LogP contribution in [0.25, 0.3) is 0 Å². The van der Waals surface area contributed by atoms with Crippen molar-refractivity contribution < 1.29 is 9.59 Å². The fraction of sp³-hybridized carbons (Fsp3) is 0.238. The number of carbonyl (C=O) groups is 2. The minimum absolute atomic E-state index is 0.00641. The highest BCUT2D eigenvalue weighted by Crippen LogP contribution is 2.40. The van der Waals surface area contributed by atoms with Crippen molar-refractivity contribution in [3.8, 4) is 0 Å². The molecule has 120 valence electrons. The van der Waals surface area contributed by atoms with Gasteiger partial charge in [-0.15, -0.1) is 0 Å². The second kappa shape index (κ2) is 6.08. The van der Waals surface area contributed by atoms with Gasteiger partial charge >= 0.3 is 0 Å². The Kier molecular flexibility index (Phi) is 3.77. The number of anilines is 1. The van der Waals surface area contributed by atoms with Crippen molar-refractivity contribution in [2.45, 2.75) is 31.6 Å². The lowest BCUT2D eigenvalue weighted by Gasteiger charge is -2.37. The van der Waals surface area contributed by atoms with Crippen LogP contribution in [0.15, 0.2) is 71.9 Å². The van der Waals surface area contributed by atoms with Crippen LogP contribution in [0.2, 0.25) is 0 Å². The topological polar surface area (TPSA) is 37.4 Å². The molecule has 3 nitrogen and oxygen atoms in total. The maximum absolute atomic E-state index is 13.3. The number of allylic oxidation sites excluding steroid dienone is 2. The van der Waals surface area contributed by atoms with E-state index in [0.717, 1.165) is 48.2 Å². The lowest BCUT2D eigenvalue weighted by atomic mass is 9.80. The first-order valence-corrected chi connectivity index (χ1v) is 8.47.